The normalized spacial score (nSPS) is 24.6. The third-order valence-electron chi connectivity index (χ3n) is 3.83. The van der Waals surface area contributed by atoms with Gasteiger partial charge >= 0.3 is 0 Å². The number of hydrogen-bond donors (Lipinski definition) is 0. The van der Waals surface area contributed by atoms with Crippen molar-refractivity contribution in [2.75, 3.05) is 0 Å². The van der Waals surface area contributed by atoms with Crippen molar-refractivity contribution in [1.29, 1.82) is 0 Å². The molecule has 0 aliphatic heterocycles. The maximum Gasteiger partial charge on any atom is 0.125 e. The van der Waals surface area contributed by atoms with Crippen LogP contribution in [0.25, 0.3) is 11.0 Å². The predicted molar refractivity (Wildman–Crippen MR) is 69.1 cm³/mol. The fourth-order valence-corrected chi connectivity index (χ4v) is 3.16. The zero-order valence-electron chi connectivity index (χ0n) is 9.93. The highest BCUT2D eigenvalue weighted by atomic mass is 35.5. The van der Waals surface area contributed by atoms with E-state index in [-0.39, 0.29) is 0 Å². The van der Waals surface area contributed by atoms with Crippen LogP contribution in [0.3, 0.4) is 0 Å². The summed E-state index contributed by atoms with van der Waals surface area (Å²) in [6.07, 6.45) is 7.49. The lowest BCUT2D eigenvalue weighted by Gasteiger charge is -2.20. The van der Waals surface area contributed by atoms with Gasteiger partial charge < -0.3 is 4.57 Å². The molecule has 1 saturated carbocycles. The number of nitrogens with zero attached hydrogens (tertiary/aromatic N) is 3. The molecular formula is C13H16ClN3. The van der Waals surface area contributed by atoms with Gasteiger partial charge in [0.1, 0.15) is 11.3 Å². The third-order valence-corrected chi connectivity index (χ3v) is 4.07. The standard InChI is InChI=1S/C13H16ClN3/c1-9-3-2-4-11(9)17-12-5-6-15-8-10(12)16-13(17)7-14/h5-6,8-9,11H,2-4,7H2,1H3. The minimum atomic E-state index is 0.470. The molecule has 1 aliphatic carbocycles. The van der Waals surface area contributed by atoms with E-state index in [1.807, 2.05) is 18.5 Å². The number of imidazole rings is 1. The fraction of sp³-hybridized carbons (Fsp3) is 0.538. The van der Waals surface area contributed by atoms with E-state index in [4.69, 9.17) is 11.6 Å². The summed E-state index contributed by atoms with van der Waals surface area (Å²) in [6.45, 7) is 2.32. The van der Waals surface area contributed by atoms with Crippen molar-refractivity contribution < 1.29 is 0 Å². The predicted octanol–water partition coefficient (Wildman–Crippen LogP) is 3.53. The molecule has 2 aromatic heterocycles. The molecule has 2 heterocycles. The number of aromatic nitrogens is 3. The Kier molecular flexibility index (Phi) is 2.79. The topological polar surface area (TPSA) is 30.7 Å². The monoisotopic (exact) mass is 249 g/mol. The molecule has 0 spiro atoms. The highest BCUT2D eigenvalue weighted by Crippen LogP contribution is 2.38. The maximum atomic E-state index is 6.03. The van der Waals surface area contributed by atoms with Crippen molar-refractivity contribution in [1.82, 2.24) is 14.5 Å². The van der Waals surface area contributed by atoms with Crippen molar-refractivity contribution >= 4 is 22.6 Å². The third kappa shape index (κ3) is 1.73. The summed E-state index contributed by atoms with van der Waals surface area (Å²) in [7, 11) is 0. The van der Waals surface area contributed by atoms with E-state index in [1.54, 1.807) is 0 Å². The van der Waals surface area contributed by atoms with Crippen LogP contribution in [0.1, 0.15) is 38.1 Å². The van der Waals surface area contributed by atoms with Crippen LogP contribution in [0, 0.1) is 5.92 Å². The first-order valence-electron chi connectivity index (χ1n) is 6.18. The highest BCUT2D eigenvalue weighted by molar-refractivity contribution is 6.16. The quantitative estimate of drug-likeness (QED) is 0.763. The smallest absolute Gasteiger partial charge is 0.125 e. The molecule has 0 N–H and O–H groups in total. The van der Waals surface area contributed by atoms with Gasteiger partial charge in [0.2, 0.25) is 0 Å². The number of alkyl halides is 1. The zero-order chi connectivity index (χ0) is 11.8. The zero-order valence-corrected chi connectivity index (χ0v) is 10.7. The van der Waals surface area contributed by atoms with Crippen LogP contribution in [0.4, 0.5) is 0 Å². The number of pyridine rings is 1. The number of halogens is 1. The Labute approximate surface area is 106 Å². The van der Waals surface area contributed by atoms with Crippen LogP contribution in [0.15, 0.2) is 18.5 Å². The van der Waals surface area contributed by atoms with Gasteiger partial charge in [-0.15, -0.1) is 11.6 Å². The van der Waals surface area contributed by atoms with Gasteiger partial charge in [0.25, 0.3) is 0 Å². The second-order valence-corrected chi connectivity index (χ2v) is 5.14. The first-order chi connectivity index (χ1) is 8.31. The first kappa shape index (κ1) is 11.0. The second-order valence-electron chi connectivity index (χ2n) is 4.87. The molecule has 2 aromatic rings. The van der Waals surface area contributed by atoms with Gasteiger partial charge in [-0.3, -0.25) is 4.98 Å². The molecule has 0 radical (unpaired) electrons. The molecule has 90 valence electrons. The van der Waals surface area contributed by atoms with Gasteiger partial charge in [-0.2, -0.15) is 0 Å². The van der Waals surface area contributed by atoms with Crippen LogP contribution < -0.4 is 0 Å². The molecule has 1 aliphatic rings. The largest absolute Gasteiger partial charge is 0.323 e. The average molecular weight is 250 g/mol. The molecule has 2 atom stereocenters. The molecule has 2 unspecified atom stereocenters. The minimum absolute atomic E-state index is 0.470. The molecule has 17 heavy (non-hydrogen) atoms. The van der Waals surface area contributed by atoms with Gasteiger partial charge in [-0.1, -0.05) is 13.3 Å². The summed E-state index contributed by atoms with van der Waals surface area (Å²) in [5.41, 5.74) is 2.14. The number of hydrogen-bond acceptors (Lipinski definition) is 2. The van der Waals surface area contributed by atoms with Gasteiger partial charge in [-0.25, -0.2) is 4.98 Å². The van der Waals surface area contributed by atoms with Gasteiger partial charge in [0, 0.05) is 12.2 Å². The van der Waals surface area contributed by atoms with Gasteiger partial charge in [-0.05, 0) is 24.8 Å². The first-order valence-corrected chi connectivity index (χ1v) is 6.71. The van der Waals surface area contributed by atoms with Crippen molar-refractivity contribution in [3.05, 3.63) is 24.3 Å². The fourth-order valence-electron chi connectivity index (χ4n) is 2.97. The molecular weight excluding hydrogens is 234 g/mol. The molecule has 0 saturated heterocycles. The summed E-state index contributed by atoms with van der Waals surface area (Å²) < 4.78 is 2.34. The molecule has 4 heteroatoms. The average Bonchev–Trinajstić information content (AvgIpc) is 2.91. The van der Waals surface area contributed by atoms with E-state index in [0.29, 0.717) is 17.8 Å². The molecule has 0 bridgehead atoms. The Hall–Kier alpha value is -1.09. The molecule has 0 aromatic carbocycles. The second kappa shape index (κ2) is 4.30. The SMILES string of the molecule is CC1CCCC1n1c(CCl)nc2cnccc21. The summed E-state index contributed by atoms with van der Waals surface area (Å²) in [4.78, 5) is 8.71. The molecule has 0 amide bonds. The van der Waals surface area contributed by atoms with E-state index in [1.165, 1.54) is 24.8 Å². The van der Waals surface area contributed by atoms with Crippen molar-refractivity contribution in [3.8, 4) is 0 Å². The van der Waals surface area contributed by atoms with E-state index < -0.39 is 0 Å². The lowest BCUT2D eigenvalue weighted by molar-refractivity contribution is 0.408. The number of fused-ring (bicyclic) bond motifs is 1. The van der Waals surface area contributed by atoms with Crippen molar-refractivity contribution in [3.63, 3.8) is 0 Å². The van der Waals surface area contributed by atoms with Crippen molar-refractivity contribution in [2.24, 2.45) is 5.92 Å². The van der Waals surface area contributed by atoms with E-state index in [0.717, 1.165) is 11.3 Å². The van der Waals surface area contributed by atoms with E-state index in [9.17, 15) is 0 Å². The lowest BCUT2D eigenvalue weighted by Crippen LogP contribution is -2.14. The lowest BCUT2D eigenvalue weighted by atomic mass is 10.1. The summed E-state index contributed by atoms with van der Waals surface area (Å²) in [5, 5.41) is 0. The Morgan fingerprint density at radius 3 is 3.06 bits per heavy atom. The van der Waals surface area contributed by atoms with Crippen LogP contribution in [0.2, 0.25) is 0 Å². The van der Waals surface area contributed by atoms with Crippen LogP contribution in [-0.2, 0) is 5.88 Å². The van der Waals surface area contributed by atoms with E-state index in [2.05, 4.69) is 21.5 Å². The van der Waals surface area contributed by atoms with Crippen LogP contribution >= 0.6 is 11.6 Å². The van der Waals surface area contributed by atoms with Gasteiger partial charge in [0.15, 0.2) is 0 Å². The number of rotatable bonds is 2. The Morgan fingerprint density at radius 1 is 1.47 bits per heavy atom. The highest BCUT2D eigenvalue weighted by Gasteiger charge is 2.28. The summed E-state index contributed by atoms with van der Waals surface area (Å²) in [5.74, 6) is 2.16. The van der Waals surface area contributed by atoms with Gasteiger partial charge in [0.05, 0.1) is 17.6 Å². The van der Waals surface area contributed by atoms with Crippen molar-refractivity contribution in [2.45, 2.75) is 38.1 Å². The Bertz CT molecular complexity index is 534. The minimum Gasteiger partial charge on any atom is -0.323 e. The summed E-state index contributed by atoms with van der Waals surface area (Å²) >= 11 is 6.03. The Balaban J connectivity index is 2.18. The van der Waals surface area contributed by atoms with E-state index >= 15 is 0 Å². The Morgan fingerprint density at radius 2 is 2.35 bits per heavy atom. The summed E-state index contributed by atoms with van der Waals surface area (Å²) in [6, 6.07) is 2.60. The molecule has 3 nitrogen and oxygen atoms in total. The maximum absolute atomic E-state index is 6.03. The van der Waals surface area contributed by atoms with Crippen LogP contribution in [-0.4, -0.2) is 14.5 Å². The molecule has 3 rings (SSSR count). The molecule has 1 fully saturated rings. The van der Waals surface area contributed by atoms with Crippen LogP contribution in [0.5, 0.6) is 0 Å².